The first-order valence-electron chi connectivity index (χ1n) is 12.5. The van der Waals surface area contributed by atoms with Gasteiger partial charge in [-0.25, -0.2) is 9.59 Å². The van der Waals surface area contributed by atoms with E-state index in [0.717, 1.165) is 44.3 Å². The SMILES string of the molecule is C=C(C)C(=O)OC.C=CC.C=CC(=O)OC.C=COC.CCC1CO1.CCC1COC1.COCC1CC1. The molecule has 8 heteroatoms. The zero-order valence-electron chi connectivity index (χ0n) is 24.7. The molecule has 1 saturated carbocycles. The van der Waals surface area contributed by atoms with Gasteiger partial charge in [-0.2, -0.15) is 0 Å². The highest BCUT2D eigenvalue weighted by Gasteiger charge is 2.20. The van der Waals surface area contributed by atoms with Crippen LogP contribution in [0.2, 0.25) is 0 Å². The standard InChI is InChI=1S/C5H8O2.2C5H10O.C4H6O2.C4H8O.C3H6O.C3H6/c1-4(2)5(6)7-3;1-6-4-5-2-3-5;1-2-5-3-6-4-5;1-3-4(5)6-2;1-2-4-3-5-4;1-3-4-2;1-3-2/h1H2,2-3H3;2*5H,2-4H2,1H3;3H,1H2,2H3;4H,2-3H2,1H3;3H,1H2,2H3;3H,1H2,2H3. The lowest BCUT2D eigenvalue weighted by Gasteiger charge is -2.23. The third kappa shape index (κ3) is 44.0. The van der Waals surface area contributed by atoms with Crippen LogP contribution in [0.15, 0.2) is 50.3 Å². The van der Waals surface area contributed by atoms with Gasteiger partial charge in [-0.05, 0) is 45.4 Å². The number of hydrogen-bond acceptors (Lipinski definition) is 8. The summed E-state index contributed by atoms with van der Waals surface area (Å²) in [6, 6.07) is 0. The Labute approximate surface area is 226 Å². The van der Waals surface area contributed by atoms with Crippen molar-refractivity contribution in [3.8, 4) is 0 Å². The molecule has 0 amide bonds. The van der Waals surface area contributed by atoms with Crippen LogP contribution in [0.5, 0.6) is 0 Å². The minimum Gasteiger partial charge on any atom is -0.505 e. The van der Waals surface area contributed by atoms with Crippen LogP contribution in [-0.2, 0) is 38.0 Å². The lowest BCUT2D eigenvalue weighted by atomic mass is 10.1. The van der Waals surface area contributed by atoms with Crippen molar-refractivity contribution < 1.29 is 38.0 Å². The number of esters is 2. The molecule has 218 valence electrons. The van der Waals surface area contributed by atoms with Gasteiger partial charge in [-0.15, -0.1) is 6.58 Å². The topological polar surface area (TPSA) is 92.8 Å². The number of hydrogen-bond donors (Lipinski definition) is 0. The Morgan fingerprint density at radius 2 is 1.41 bits per heavy atom. The summed E-state index contributed by atoms with van der Waals surface area (Å²) in [5, 5.41) is 0. The van der Waals surface area contributed by atoms with Gasteiger partial charge in [0.1, 0.15) is 0 Å². The molecule has 0 bridgehead atoms. The third-order valence-electron chi connectivity index (χ3n) is 4.31. The van der Waals surface area contributed by atoms with Crippen LogP contribution in [0.3, 0.4) is 0 Å². The van der Waals surface area contributed by atoms with Gasteiger partial charge in [-0.3, -0.25) is 0 Å². The highest BCUT2D eigenvalue weighted by atomic mass is 16.6. The summed E-state index contributed by atoms with van der Waals surface area (Å²) in [6.45, 7) is 25.0. The van der Waals surface area contributed by atoms with Crippen LogP contribution in [0.4, 0.5) is 0 Å². The molecular weight excluding hydrogens is 476 g/mol. The molecule has 1 aliphatic carbocycles. The Morgan fingerprint density at radius 3 is 1.43 bits per heavy atom. The van der Waals surface area contributed by atoms with Gasteiger partial charge in [0.25, 0.3) is 0 Å². The molecule has 0 aromatic heterocycles. The highest BCUT2D eigenvalue weighted by molar-refractivity contribution is 5.86. The number of allylic oxidation sites excluding steroid dienone is 1. The van der Waals surface area contributed by atoms with Crippen LogP contribution in [0.1, 0.15) is 53.4 Å². The Balaban J connectivity index is -0.000000174. The molecule has 37 heavy (non-hydrogen) atoms. The minimum absolute atomic E-state index is 0.347. The van der Waals surface area contributed by atoms with E-state index in [2.05, 4.69) is 54.4 Å². The van der Waals surface area contributed by atoms with Crippen molar-refractivity contribution in [1.82, 2.24) is 0 Å². The van der Waals surface area contributed by atoms with Crippen molar-refractivity contribution >= 4 is 11.9 Å². The number of epoxide rings is 1. The van der Waals surface area contributed by atoms with Crippen LogP contribution in [0, 0.1) is 11.8 Å². The fraction of sp³-hybridized carbons (Fsp3) is 0.655. The average Bonchev–Trinajstić information content (AvgIpc) is 3.80. The summed E-state index contributed by atoms with van der Waals surface area (Å²) >= 11 is 0. The maximum Gasteiger partial charge on any atom is 0.332 e. The van der Waals surface area contributed by atoms with Crippen LogP contribution in [0.25, 0.3) is 0 Å². The molecule has 0 N–H and O–H groups in total. The van der Waals surface area contributed by atoms with Gasteiger partial charge in [0.2, 0.25) is 0 Å². The summed E-state index contributed by atoms with van der Waals surface area (Å²) in [5.41, 5.74) is 0.433. The molecule has 0 radical (unpaired) electrons. The Hall–Kier alpha value is -2.42. The predicted octanol–water partition coefficient (Wildman–Crippen LogP) is 5.93. The second-order valence-electron chi connectivity index (χ2n) is 7.88. The minimum atomic E-state index is -0.394. The van der Waals surface area contributed by atoms with E-state index in [9.17, 15) is 9.59 Å². The van der Waals surface area contributed by atoms with E-state index in [1.54, 1.807) is 27.2 Å². The van der Waals surface area contributed by atoms with Crippen molar-refractivity contribution in [2.75, 3.05) is 54.9 Å². The molecule has 0 spiro atoms. The van der Waals surface area contributed by atoms with Gasteiger partial charge in [-0.1, -0.05) is 39.7 Å². The molecule has 2 aliphatic heterocycles. The van der Waals surface area contributed by atoms with Gasteiger partial charge >= 0.3 is 11.9 Å². The van der Waals surface area contributed by atoms with Gasteiger partial charge in [0, 0.05) is 31.3 Å². The summed E-state index contributed by atoms with van der Waals surface area (Å²) in [6.07, 6.45) is 10.1. The van der Waals surface area contributed by atoms with E-state index in [0.29, 0.717) is 11.7 Å². The monoisotopic (exact) mass is 530 g/mol. The molecule has 8 nitrogen and oxygen atoms in total. The van der Waals surface area contributed by atoms with E-state index in [1.807, 2.05) is 6.92 Å². The Bertz CT molecular complexity index is 559. The van der Waals surface area contributed by atoms with Gasteiger partial charge in [0.15, 0.2) is 0 Å². The zero-order chi connectivity index (χ0) is 29.5. The van der Waals surface area contributed by atoms with E-state index < -0.39 is 5.97 Å². The van der Waals surface area contributed by atoms with Gasteiger partial charge in [0.05, 0.1) is 53.5 Å². The zero-order valence-corrected chi connectivity index (χ0v) is 24.7. The molecule has 2 saturated heterocycles. The summed E-state index contributed by atoms with van der Waals surface area (Å²) in [4.78, 5) is 20.0. The summed E-state index contributed by atoms with van der Waals surface area (Å²) < 4.78 is 27.4. The Morgan fingerprint density at radius 1 is 0.919 bits per heavy atom. The fourth-order valence-corrected chi connectivity index (χ4v) is 1.60. The maximum atomic E-state index is 10.2. The van der Waals surface area contributed by atoms with Crippen molar-refractivity contribution in [2.24, 2.45) is 11.8 Å². The molecule has 0 aromatic carbocycles. The second kappa shape index (κ2) is 33.6. The number of ether oxygens (including phenoxy) is 6. The first-order valence-corrected chi connectivity index (χ1v) is 12.5. The predicted molar refractivity (Wildman–Crippen MR) is 151 cm³/mol. The van der Waals surface area contributed by atoms with E-state index in [1.165, 1.54) is 46.2 Å². The van der Waals surface area contributed by atoms with Crippen molar-refractivity contribution in [3.63, 3.8) is 0 Å². The number of methoxy groups -OCH3 is 4. The lowest BCUT2D eigenvalue weighted by Crippen LogP contribution is -2.26. The largest absolute Gasteiger partial charge is 0.505 e. The molecular formula is C29H54O8. The molecule has 1 atom stereocenters. The van der Waals surface area contributed by atoms with E-state index >= 15 is 0 Å². The lowest BCUT2D eigenvalue weighted by molar-refractivity contribution is -0.136. The molecule has 1 unspecified atom stereocenters. The first-order chi connectivity index (χ1) is 17.6. The molecule has 3 rings (SSSR count). The first kappa shape index (κ1) is 41.7. The van der Waals surface area contributed by atoms with Crippen LogP contribution < -0.4 is 0 Å². The smallest absolute Gasteiger partial charge is 0.332 e. The fourth-order valence-electron chi connectivity index (χ4n) is 1.60. The van der Waals surface area contributed by atoms with Crippen molar-refractivity contribution in [2.45, 2.75) is 59.5 Å². The van der Waals surface area contributed by atoms with Crippen molar-refractivity contribution in [1.29, 1.82) is 0 Å². The summed E-state index contributed by atoms with van der Waals surface area (Å²) in [7, 11) is 5.96. The number of carbonyl (C=O) groups is 2. The van der Waals surface area contributed by atoms with E-state index in [-0.39, 0.29) is 5.97 Å². The second-order valence-corrected chi connectivity index (χ2v) is 7.88. The number of rotatable bonds is 7. The molecule has 3 fully saturated rings. The highest BCUT2D eigenvalue weighted by Crippen LogP contribution is 2.28. The van der Waals surface area contributed by atoms with Crippen LogP contribution >= 0.6 is 0 Å². The third-order valence-corrected chi connectivity index (χ3v) is 4.31. The molecule has 0 aromatic rings. The molecule has 3 aliphatic rings. The quantitative estimate of drug-likeness (QED) is 0.131. The van der Waals surface area contributed by atoms with Crippen LogP contribution in [-0.4, -0.2) is 72.9 Å². The molecule has 2 heterocycles. The Kier molecular flexibility index (Phi) is 37.8. The maximum absolute atomic E-state index is 10.2. The number of carbonyl (C=O) groups excluding carboxylic acids is 2. The van der Waals surface area contributed by atoms with Gasteiger partial charge < -0.3 is 28.4 Å². The van der Waals surface area contributed by atoms with E-state index in [4.69, 9.17) is 14.2 Å². The summed E-state index contributed by atoms with van der Waals surface area (Å²) in [5.74, 6) is 1.08. The van der Waals surface area contributed by atoms with Crippen molar-refractivity contribution in [3.05, 3.63) is 50.3 Å². The normalized spacial score (nSPS) is 15.4. The average molecular weight is 531 g/mol.